The van der Waals surface area contributed by atoms with E-state index in [4.69, 9.17) is 0 Å². The standard InChI is InChI=1S/C17H17FN6O/c18-14-7-4-8-15(11-14)24-16(21-22-23-24)12-20-17(25)19-10-9-13-5-2-1-3-6-13/h1-8,11H,9-10,12H2,(H2,19,20,25). The number of rotatable bonds is 6. The van der Waals surface area contributed by atoms with Crippen LogP contribution in [0.25, 0.3) is 5.69 Å². The molecule has 2 N–H and O–H groups in total. The molecule has 2 amide bonds. The Labute approximate surface area is 143 Å². The van der Waals surface area contributed by atoms with Crippen LogP contribution in [0.1, 0.15) is 11.4 Å². The van der Waals surface area contributed by atoms with Crippen molar-refractivity contribution < 1.29 is 9.18 Å². The highest BCUT2D eigenvalue weighted by molar-refractivity contribution is 5.73. The monoisotopic (exact) mass is 340 g/mol. The quantitative estimate of drug-likeness (QED) is 0.717. The SMILES string of the molecule is O=C(NCCc1ccccc1)NCc1nnnn1-c1cccc(F)c1. The van der Waals surface area contributed by atoms with Gasteiger partial charge in [-0.25, -0.2) is 9.18 Å². The number of amides is 2. The molecule has 3 aromatic rings. The number of aromatic nitrogens is 4. The maximum atomic E-state index is 13.3. The third-order valence-electron chi connectivity index (χ3n) is 3.54. The van der Waals surface area contributed by atoms with Gasteiger partial charge < -0.3 is 10.6 Å². The number of halogens is 1. The second kappa shape index (κ2) is 8.00. The summed E-state index contributed by atoms with van der Waals surface area (Å²) in [5.74, 6) is 0.0226. The van der Waals surface area contributed by atoms with Crippen LogP contribution in [0.15, 0.2) is 54.6 Å². The maximum Gasteiger partial charge on any atom is 0.315 e. The summed E-state index contributed by atoms with van der Waals surface area (Å²) >= 11 is 0. The Morgan fingerprint density at radius 3 is 2.72 bits per heavy atom. The summed E-state index contributed by atoms with van der Waals surface area (Å²) in [5, 5.41) is 16.7. The highest BCUT2D eigenvalue weighted by atomic mass is 19.1. The molecule has 7 nitrogen and oxygen atoms in total. The van der Waals surface area contributed by atoms with E-state index < -0.39 is 0 Å². The predicted octanol–water partition coefficient (Wildman–Crippen LogP) is 1.84. The lowest BCUT2D eigenvalue weighted by atomic mass is 10.1. The largest absolute Gasteiger partial charge is 0.338 e. The van der Waals surface area contributed by atoms with Crippen LogP contribution in [0.3, 0.4) is 0 Å². The lowest BCUT2D eigenvalue weighted by Crippen LogP contribution is -2.36. The first-order valence-corrected chi connectivity index (χ1v) is 7.81. The van der Waals surface area contributed by atoms with Gasteiger partial charge in [-0.3, -0.25) is 0 Å². The van der Waals surface area contributed by atoms with E-state index in [0.29, 0.717) is 18.1 Å². The second-order valence-corrected chi connectivity index (χ2v) is 5.33. The van der Waals surface area contributed by atoms with Gasteiger partial charge in [-0.1, -0.05) is 36.4 Å². The highest BCUT2D eigenvalue weighted by Gasteiger charge is 2.10. The molecule has 0 radical (unpaired) electrons. The molecule has 2 aromatic carbocycles. The van der Waals surface area contributed by atoms with Crippen LogP contribution in [-0.4, -0.2) is 32.8 Å². The molecular formula is C17H17FN6O. The number of benzene rings is 2. The van der Waals surface area contributed by atoms with E-state index in [1.54, 1.807) is 12.1 Å². The molecule has 8 heteroatoms. The van der Waals surface area contributed by atoms with Crippen molar-refractivity contribution in [1.82, 2.24) is 30.8 Å². The zero-order valence-electron chi connectivity index (χ0n) is 13.4. The van der Waals surface area contributed by atoms with E-state index in [2.05, 4.69) is 26.2 Å². The molecule has 0 aliphatic heterocycles. The molecule has 0 aliphatic carbocycles. The number of hydrogen-bond donors (Lipinski definition) is 2. The first kappa shape index (κ1) is 16.6. The summed E-state index contributed by atoms with van der Waals surface area (Å²) in [7, 11) is 0. The van der Waals surface area contributed by atoms with Crippen LogP contribution >= 0.6 is 0 Å². The molecular weight excluding hydrogens is 323 g/mol. The van der Waals surface area contributed by atoms with Gasteiger partial charge in [-0.05, 0) is 40.6 Å². The van der Waals surface area contributed by atoms with E-state index in [0.717, 1.165) is 12.0 Å². The molecule has 0 bridgehead atoms. The van der Waals surface area contributed by atoms with Gasteiger partial charge in [0.15, 0.2) is 5.82 Å². The van der Waals surface area contributed by atoms with Crippen molar-refractivity contribution in [2.75, 3.05) is 6.54 Å². The van der Waals surface area contributed by atoms with Crippen LogP contribution < -0.4 is 10.6 Å². The zero-order chi connectivity index (χ0) is 17.5. The van der Waals surface area contributed by atoms with Gasteiger partial charge in [-0.2, -0.15) is 4.68 Å². The number of urea groups is 1. The van der Waals surface area contributed by atoms with Gasteiger partial charge in [0.05, 0.1) is 12.2 Å². The summed E-state index contributed by atoms with van der Waals surface area (Å²) in [5.41, 5.74) is 1.64. The number of carbonyl (C=O) groups excluding carboxylic acids is 1. The topological polar surface area (TPSA) is 84.7 Å². The number of nitrogens with zero attached hydrogens (tertiary/aromatic N) is 4. The minimum absolute atomic E-state index is 0.126. The molecule has 0 fully saturated rings. The lowest BCUT2D eigenvalue weighted by molar-refractivity contribution is 0.240. The number of tetrazole rings is 1. The van der Waals surface area contributed by atoms with Crippen molar-refractivity contribution in [3.63, 3.8) is 0 Å². The minimum Gasteiger partial charge on any atom is -0.338 e. The smallest absolute Gasteiger partial charge is 0.315 e. The van der Waals surface area contributed by atoms with Gasteiger partial charge >= 0.3 is 6.03 Å². The molecule has 0 atom stereocenters. The Kier molecular flexibility index (Phi) is 5.30. The Morgan fingerprint density at radius 1 is 1.08 bits per heavy atom. The second-order valence-electron chi connectivity index (χ2n) is 5.33. The Balaban J connectivity index is 1.50. The van der Waals surface area contributed by atoms with Crippen molar-refractivity contribution in [2.45, 2.75) is 13.0 Å². The Hall–Kier alpha value is -3.29. The third kappa shape index (κ3) is 4.60. The fourth-order valence-corrected chi connectivity index (χ4v) is 2.31. The summed E-state index contributed by atoms with van der Waals surface area (Å²) in [6.07, 6.45) is 0.745. The average Bonchev–Trinajstić information content (AvgIpc) is 3.09. The summed E-state index contributed by atoms with van der Waals surface area (Å²) < 4.78 is 14.7. The van der Waals surface area contributed by atoms with Gasteiger partial charge in [0.25, 0.3) is 0 Å². The minimum atomic E-state index is -0.384. The van der Waals surface area contributed by atoms with Crippen LogP contribution in [0.5, 0.6) is 0 Å². The zero-order valence-corrected chi connectivity index (χ0v) is 13.4. The van der Waals surface area contributed by atoms with Gasteiger partial charge in [0.2, 0.25) is 0 Å². The Morgan fingerprint density at radius 2 is 1.92 bits per heavy atom. The molecule has 0 unspecified atom stereocenters. The third-order valence-corrected chi connectivity index (χ3v) is 3.54. The molecule has 25 heavy (non-hydrogen) atoms. The van der Waals surface area contributed by atoms with E-state index >= 15 is 0 Å². The van der Waals surface area contributed by atoms with Crippen molar-refractivity contribution in [2.24, 2.45) is 0 Å². The molecule has 128 valence electrons. The van der Waals surface area contributed by atoms with Crippen LogP contribution in [0.4, 0.5) is 9.18 Å². The van der Waals surface area contributed by atoms with Crippen molar-refractivity contribution in [1.29, 1.82) is 0 Å². The maximum absolute atomic E-state index is 13.3. The molecule has 1 heterocycles. The first-order valence-electron chi connectivity index (χ1n) is 7.81. The van der Waals surface area contributed by atoms with E-state index in [1.165, 1.54) is 16.8 Å². The predicted molar refractivity (Wildman–Crippen MR) is 89.5 cm³/mol. The summed E-state index contributed by atoms with van der Waals surface area (Å²) in [6.45, 7) is 0.644. The van der Waals surface area contributed by atoms with Gasteiger partial charge in [0.1, 0.15) is 5.82 Å². The lowest BCUT2D eigenvalue weighted by Gasteiger charge is -2.08. The van der Waals surface area contributed by atoms with Crippen LogP contribution in [0.2, 0.25) is 0 Å². The van der Waals surface area contributed by atoms with Crippen LogP contribution in [0, 0.1) is 5.82 Å². The van der Waals surface area contributed by atoms with Gasteiger partial charge in [-0.15, -0.1) is 5.10 Å². The number of nitrogens with one attached hydrogen (secondary N) is 2. The first-order chi connectivity index (χ1) is 12.2. The molecule has 3 rings (SSSR count). The van der Waals surface area contributed by atoms with E-state index in [1.807, 2.05) is 30.3 Å². The molecule has 0 saturated heterocycles. The Bertz CT molecular complexity index is 836. The summed E-state index contributed by atoms with van der Waals surface area (Å²) in [4.78, 5) is 11.9. The van der Waals surface area contributed by atoms with Gasteiger partial charge in [0, 0.05) is 6.54 Å². The molecule has 0 spiro atoms. The van der Waals surface area contributed by atoms with Crippen molar-refractivity contribution in [3.8, 4) is 5.69 Å². The number of hydrogen-bond acceptors (Lipinski definition) is 4. The van der Waals surface area contributed by atoms with E-state index in [9.17, 15) is 9.18 Å². The molecule has 0 saturated carbocycles. The highest BCUT2D eigenvalue weighted by Crippen LogP contribution is 2.09. The van der Waals surface area contributed by atoms with Crippen molar-refractivity contribution in [3.05, 3.63) is 71.8 Å². The van der Waals surface area contributed by atoms with Crippen LogP contribution in [-0.2, 0) is 13.0 Å². The fourth-order valence-electron chi connectivity index (χ4n) is 2.31. The number of carbonyl (C=O) groups is 1. The fraction of sp³-hybridized carbons (Fsp3) is 0.176. The van der Waals surface area contributed by atoms with E-state index in [-0.39, 0.29) is 18.4 Å². The summed E-state index contributed by atoms with van der Waals surface area (Å²) in [6, 6.07) is 15.5. The molecule has 0 aliphatic rings. The molecule has 1 aromatic heterocycles. The average molecular weight is 340 g/mol. The van der Waals surface area contributed by atoms with Crippen molar-refractivity contribution >= 4 is 6.03 Å². The normalized spacial score (nSPS) is 10.4.